The molecule has 1 amide bonds. The molecule has 4 nitrogen and oxygen atoms in total. The second-order valence-electron chi connectivity index (χ2n) is 7.10. The van der Waals surface area contributed by atoms with Crippen molar-refractivity contribution in [1.82, 2.24) is 5.43 Å². The quantitative estimate of drug-likeness (QED) is 0.856. The summed E-state index contributed by atoms with van der Waals surface area (Å²) in [7, 11) is 0. The summed E-state index contributed by atoms with van der Waals surface area (Å²) >= 11 is 6.00. The molecule has 1 aromatic carbocycles. The predicted octanol–water partition coefficient (Wildman–Crippen LogP) is 3.65. The van der Waals surface area contributed by atoms with Gasteiger partial charge in [-0.3, -0.25) is 4.79 Å². The first-order chi connectivity index (χ1) is 11.2. The van der Waals surface area contributed by atoms with Gasteiger partial charge in [-0.15, -0.1) is 0 Å². The monoisotopic (exact) mass is 332 g/mol. The van der Waals surface area contributed by atoms with E-state index in [4.69, 9.17) is 16.3 Å². The molecule has 0 radical (unpaired) electrons. The Morgan fingerprint density at radius 1 is 1.13 bits per heavy atom. The molecule has 0 heterocycles. The summed E-state index contributed by atoms with van der Waals surface area (Å²) in [5.74, 6) is 3.27. The van der Waals surface area contributed by atoms with Gasteiger partial charge in [0.1, 0.15) is 5.75 Å². The van der Waals surface area contributed by atoms with Gasteiger partial charge in [-0.25, -0.2) is 5.43 Å². The number of ether oxygens (including phenoxy) is 1. The number of hydrogen-bond donors (Lipinski definition) is 1. The molecule has 0 aliphatic heterocycles. The van der Waals surface area contributed by atoms with Crippen LogP contribution in [-0.4, -0.2) is 18.2 Å². The molecule has 4 aliphatic rings. The average Bonchev–Trinajstić information content (AvgIpc) is 2.53. The molecular formula is C18H21ClN2O2. The van der Waals surface area contributed by atoms with E-state index in [0.29, 0.717) is 22.6 Å². The van der Waals surface area contributed by atoms with Crippen molar-refractivity contribution in [2.45, 2.75) is 32.1 Å². The molecule has 4 aliphatic carbocycles. The average molecular weight is 333 g/mol. The van der Waals surface area contributed by atoms with E-state index in [1.165, 1.54) is 37.8 Å². The van der Waals surface area contributed by atoms with Crippen molar-refractivity contribution >= 4 is 23.2 Å². The van der Waals surface area contributed by atoms with Crippen LogP contribution in [0.2, 0.25) is 5.02 Å². The van der Waals surface area contributed by atoms with Crippen molar-refractivity contribution in [3.8, 4) is 5.75 Å². The Balaban J connectivity index is 1.34. The molecule has 0 atom stereocenters. The molecule has 0 unspecified atom stereocenters. The van der Waals surface area contributed by atoms with Crippen molar-refractivity contribution in [3.63, 3.8) is 0 Å². The molecule has 4 bridgehead atoms. The van der Waals surface area contributed by atoms with Gasteiger partial charge in [-0.05, 0) is 67.9 Å². The standard InChI is InChI=1S/C18H21ClN2O2/c19-15-3-1-2-4-16(15)23-10-17(22)20-21-18-13-6-11-5-12(8-13)9-14(18)7-11/h1-4,11-14H,5-10H2,(H,20,22). The lowest BCUT2D eigenvalue weighted by Crippen LogP contribution is -2.46. The number of rotatable bonds is 4. The van der Waals surface area contributed by atoms with Crippen LogP contribution in [0.1, 0.15) is 32.1 Å². The van der Waals surface area contributed by atoms with E-state index in [1.807, 2.05) is 12.1 Å². The molecule has 23 heavy (non-hydrogen) atoms. The van der Waals surface area contributed by atoms with Crippen LogP contribution >= 0.6 is 11.6 Å². The van der Waals surface area contributed by atoms with Gasteiger partial charge in [0.2, 0.25) is 0 Å². The summed E-state index contributed by atoms with van der Waals surface area (Å²) < 4.78 is 5.44. The largest absolute Gasteiger partial charge is 0.482 e. The predicted molar refractivity (Wildman–Crippen MR) is 89.6 cm³/mol. The lowest BCUT2D eigenvalue weighted by molar-refractivity contribution is -0.123. The van der Waals surface area contributed by atoms with Crippen LogP contribution < -0.4 is 10.2 Å². The Morgan fingerprint density at radius 2 is 1.78 bits per heavy atom. The molecule has 0 saturated heterocycles. The maximum absolute atomic E-state index is 12.0. The number of para-hydroxylation sites is 1. The first kappa shape index (κ1) is 15.0. The summed E-state index contributed by atoms with van der Waals surface area (Å²) in [5.41, 5.74) is 3.91. The van der Waals surface area contributed by atoms with Crippen molar-refractivity contribution in [2.75, 3.05) is 6.61 Å². The third-order valence-electron chi connectivity index (χ3n) is 5.48. The molecule has 5 heteroatoms. The number of amides is 1. The molecule has 0 spiro atoms. The number of nitrogens with zero attached hydrogens (tertiary/aromatic N) is 1. The van der Waals surface area contributed by atoms with E-state index in [1.54, 1.807) is 12.1 Å². The summed E-state index contributed by atoms with van der Waals surface area (Å²) in [6.45, 7) is -0.0684. The first-order valence-electron chi connectivity index (χ1n) is 8.42. The molecule has 1 aromatic rings. The number of carbonyl (C=O) groups excluding carboxylic acids is 1. The number of benzene rings is 1. The van der Waals surface area contributed by atoms with Crippen LogP contribution in [0.15, 0.2) is 29.4 Å². The van der Waals surface area contributed by atoms with Crippen LogP contribution in [0.5, 0.6) is 5.75 Å². The smallest absolute Gasteiger partial charge is 0.277 e. The fourth-order valence-electron chi connectivity index (χ4n) is 4.71. The topological polar surface area (TPSA) is 50.7 Å². The Morgan fingerprint density at radius 3 is 2.43 bits per heavy atom. The normalized spacial score (nSPS) is 31.1. The van der Waals surface area contributed by atoms with Gasteiger partial charge in [0.25, 0.3) is 5.91 Å². The number of carbonyl (C=O) groups is 1. The highest BCUT2D eigenvalue weighted by atomic mass is 35.5. The van der Waals surface area contributed by atoms with Crippen LogP contribution in [0.3, 0.4) is 0 Å². The van der Waals surface area contributed by atoms with Crippen molar-refractivity contribution in [3.05, 3.63) is 29.3 Å². The van der Waals surface area contributed by atoms with Gasteiger partial charge in [0, 0.05) is 5.71 Å². The summed E-state index contributed by atoms with van der Waals surface area (Å²) in [4.78, 5) is 12.0. The highest BCUT2D eigenvalue weighted by Gasteiger charge is 2.46. The van der Waals surface area contributed by atoms with E-state index < -0.39 is 0 Å². The van der Waals surface area contributed by atoms with Gasteiger partial charge >= 0.3 is 0 Å². The van der Waals surface area contributed by atoms with E-state index in [0.717, 1.165) is 11.8 Å². The zero-order chi connectivity index (χ0) is 15.8. The minimum atomic E-state index is -0.230. The Kier molecular flexibility index (Phi) is 4.02. The van der Waals surface area contributed by atoms with E-state index in [2.05, 4.69) is 10.5 Å². The maximum Gasteiger partial charge on any atom is 0.277 e. The van der Waals surface area contributed by atoms with Gasteiger partial charge in [0.15, 0.2) is 6.61 Å². The molecule has 4 fully saturated rings. The summed E-state index contributed by atoms with van der Waals surface area (Å²) in [5, 5.41) is 4.97. The highest BCUT2D eigenvalue weighted by molar-refractivity contribution is 6.32. The lowest BCUT2D eigenvalue weighted by atomic mass is 9.55. The molecule has 1 N–H and O–H groups in total. The second kappa shape index (κ2) is 6.16. The van der Waals surface area contributed by atoms with Crippen molar-refractivity contribution in [2.24, 2.45) is 28.8 Å². The SMILES string of the molecule is O=C(COc1ccccc1Cl)NN=C1C2CC3CC(C2)CC1C3. The maximum atomic E-state index is 12.0. The number of nitrogens with one attached hydrogen (secondary N) is 1. The first-order valence-corrected chi connectivity index (χ1v) is 8.80. The van der Waals surface area contributed by atoms with Crippen LogP contribution in [0.4, 0.5) is 0 Å². The van der Waals surface area contributed by atoms with Gasteiger partial charge in [-0.2, -0.15) is 5.10 Å². The third-order valence-corrected chi connectivity index (χ3v) is 5.79. The van der Waals surface area contributed by atoms with Gasteiger partial charge in [-0.1, -0.05) is 23.7 Å². The number of hydrogen-bond acceptors (Lipinski definition) is 3. The van der Waals surface area contributed by atoms with Crippen LogP contribution in [-0.2, 0) is 4.79 Å². The van der Waals surface area contributed by atoms with Crippen molar-refractivity contribution in [1.29, 1.82) is 0 Å². The minimum Gasteiger partial charge on any atom is -0.482 e. The van der Waals surface area contributed by atoms with E-state index >= 15 is 0 Å². The summed E-state index contributed by atoms with van der Waals surface area (Å²) in [6, 6.07) is 7.14. The molecular weight excluding hydrogens is 312 g/mol. The fraction of sp³-hybridized carbons (Fsp3) is 0.556. The molecule has 4 saturated carbocycles. The van der Waals surface area contributed by atoms with E-state index in [-0.39, 0.29) is 12.5 Å². The molecule has 122 valence electrons. The Labute approximate surface area is 141 Å². The zero-order valence-electron chi connectivity index (χ0n) is 13.0. The lowest BCUT2D eigenvalue weighted by Gasteiger charge is -2.50. The van der Waals surface area contributed by atoms with E-state index in [9.17, 15) is 4.79 Å². The molecule has 0 aromatic heterocycles. The van der Waals surface area contributed by atoms with Crippen LogP contribution in [0.25, 0.3) is 0 Å². The van der Waals surface area contributed by atoms with Gasteiger partial charge in [0.05, 0.1) is 5.02 Å². The fourth-order valence-corrected chi connectivity index (χ4v) is 4.90. The number of halogens is 1. The van der Waals surface area contributed by atoms with Crippen LogP contribution in [0, 0.1) is 23.7 Å². The minimum absolute atomic E-state index is 0.0684. The number of hydrazone groups is 1. The van der Waals surface area contributed by atoms with Crippen molar-refractivity contribution < 1.29 is 9.53 Å². The zero-order valence-corrected chi connectivity index (χ0v) is 13.8. The summed E-state index contributed by atoms with van der Waals surface area (Å²) in [6.07, 6.45) is 6.46. The van der Waals surface area contributed by atoms with Gasteiger partial charge < -0.3 is 4.74 Å². The Hall–Kier alpha value is -1.55. The molecule has 5 rings (SSSR count). The third kappa shape index (κ3) is 3.09. The second-order valence-corrected chi connectivity index (χ2v) is 7.50. The Bertz CT molecular complexity index is 614. The highest BCUT2D eigenvalue weighted by Crippen LogP contribution is 2.52.